The lowest BCUT2D eigenvalue weighted by atomic mass is 10.0. The Hall–Kier alpha value is -4.61. The van der Waals surface area contributed by atoms with Gasteiger partial charge in [0.05, 0.1) is 24.8 Å². The van der Waals surface area contributed by atoms with Gasteiger partial charge in [-0.25, -0.2) is 12.8 Å². The van der Waals surface area contributed by atoms with E-state index in [2.05, 4.69) is 5.32 Å². The number of sulfonamides is 1. The SMILES string of the molecule is CC[C@H](C)NC(=O)[C@@H](Cc1ccccc1)N(Cc1ccc(F)cc1)C(=O)CN(c1ccc(Cl)cc1)S(=O)(=O)c1ccc(OC)c(OC)c1. The maximum Gasteiger partial charge on any atom is 0.264 e. The maximum absolute atomic E-state index is 14.6. The average molecular weight is 696 g/mol. The molecule has 0 saturated heterocycles. The molecule has 254 valence electrons. The molecule has 0 aliphatic rings. The van der Waals surface area contributed by atoms with Crippen molar-refractivity contribution in [3.8, 4) is 11.5 Å². The number of hydrogen-bond donors (Lipinski definition) is 1. The van der Waals surface area contributed by atoms with E-state index >= 15 is 0 Å². The van der Waals surface area contributed by atoms with Crippen molar-refractivity contribution in [2.45, 2.75) is 50.2 Å². The van der Waals surface area contributed by atoms with E-state index in [0.29, 0.717) is 22.8 Å². The number of amides is 2. The van der Waals surface area contributed by atoms with Crippen molar-refractivity contribution >= 4 is 39.1 Å². The van der Waals surface area contributed by atoms with Crippen molar-refractivity contribution in [1.82, 2.24) is 10.2 Å². The van der Waals surface area contributed by atoms with Crippen LogP contribution in [-0.4, -0.2) is 58.0 Å². The van der Waals surface area contributed by atoms with Crippen LogP contribution in [0.5, 0.6) is 11.5 Å². The normalized spacial score (nSPS) is 12.5. The number of ether oxygens (including phenoxy) is 2. The Bertz CT molecular complexity index is 1790. The third-order valence-corrected chi connectivity index (χ3v) is 9.90. The number of nitrogens with one attached hydrogen (secondary N) is 1. The molecule has 0 saturated carbocycles. The van der Waals surface area contributed by atoms with Crippen LogP contribution in [-0.2, 0) is 32.6 Å². The first-order valence-electron chi connectivity index (χ1n) is 15.3. The second-order valence-corrected chi connectivity index (χ2v) is 13.5. The highest BCUT2D eigenvalue weighted by Crippen LogP contribution is 2.33. The molecule has 0 unspecified atom stereocenters. The number of methoxy groups -OCH3 is 2. The third kappa shape index (κ3) is 9.05. The topological polar surface area (TPSA) is 105 Å². The molecule has 4 aromatic carbocycles. The Morgan fingerprint density at radius 1 is 0.875 bits per heavy atom. The van der Waals surface area contributed by atoms with E-state index < -0.39 is 40.2 Å². The summed E-state index contributed by atoms with van der Waals surface area (Å²) in [7, 11) is -1.58. The molecule has 0 heterocycles. The fourth-order valence-corrected chi connectivity index (χ4v) is 6.58. The van der Waals surface area contributed by atoms with Crippen LogP contribution in [0.1, 0.15) is 31.4 Å². The molecular formula is C36H39ClFN3O6S. The number of carbonyl (C=O) groups is 2. The molecule has 2 atom stereocenters. The number of halogens is 2. The highest BCUT2D eigenvalue weighted by Gasteiger charge is 2.35. The second-order valence-electron chi connectivity index (χ2n) is 11.2. The molecule has 2 amide bonds. The lowest BCUT2D eigenvalue weighted by Crippen LogP contribution is -2.54. The molecule has 0 bridgehead atoms. The summed E-state index contributed by atoms with van der Waals surface area (Å²) in [5.74, 6) is -0.999. The number of benzene rings is 4. The van der Waals surface area contributed by atoms with Crippen LogP contribution in [0.3, 0.4) is 0 Å². The quantitative estimate of drug-likeness (QED) is 0.158. The molecule has 4 rings (SSSR count). The van der Waals surface area contributed by atoms with Crippen molar-refractivity contribution < 1.29 is 31.9 Å². The fraction of sp³-hybridized carbons (Fsp3) is 0.278. The van der Waals surface area contributed by atoms with Gasteiger partial charge < -0.3 is 19.7 Å². The summed E-state index contributed by atoms with van der Waals surface area (Å²) in [6.45, 7) is 3.04. The lowest BCUT2D eigenvalue weighted by molar-refractivity contribution is -0.140. The molecule has 0 aliphatic carbocycles. The van der Waals surface area contributed by atoms with Crippen LogP contribution >= 0.6 is 11.6 Å². The first-order valence-corrected chi connectivity index (χ1v) is 17.2. The van der Waals surface area contributed by atoms with Crippen molar-refractivity contribution in [1.29, 1.82) is 0 Å². The molecule has 0 radical (unpaired) electrons. The standard InChI is InChI=1S/C36H39ClFN3O6S/c1-5-25(2)39-36(43)32(21-26-9-7-6-8-10-26)40(23-27-11-15-29(38)16-12-27)35(42)24-41(30-17-13-28(37)14-18-30)48(44,45)31-19-20-33(46-3)34(22-31)47-4/h6-20,22,25,32H,5,21,23-24H2,1-4H3,(H,39,43)/t25-,32+/m0/s1. The van der Waals surface area contributed by atoms with E-state index in [-0.39, 0.29) is 35.3 Å². The fourth-order valence-electron chi connectivity index (χ4n) is 5.02. The van der Waals surface area contributed by atoms with E-state index in [0.717, 1.165) is 9.87 Å². The van der Waals surface area contributed by atoms with Gasteiger partial charge in [-0.2, -0.15) is 0 Å². The van der Waals surface area contributed by atoms with Crippen LogP contribution in [0.4, 0.5) is 10.1 Å². The minimum Gasteiger partial charge on any atom is -0.493 e. The Morgan fingerprint density at radius 3 is 2.12 bits per heavy atom. The number of carbonyl (C=O) groups excluding carboxylic acids is 2. The summed E-state index contributed by atoms with van der Waals surface area (Å²) in [6.07, 6.45) is 0.809. The maximum atomic E-state index is 14.6. The molecule has 0 aromatic heterocycles. The summed E-state index contributed by atoms with van der Waals surface area (Å²) in [5.41, 5.74) is 1.53. The van der Waals surface area contributed by atoms with Crippen molar-refractivity contribution in [3.05, 3.63) is 119 Å². The summed E-state index contributed by atoms with van der Waals surface area (Å²) in [4.78, 5) is 29.7. The van der Waals surface area contributed by atoms with Crippen LogP contribution < -0.4 is 19.1 Å². The highest BCUT2D eigenvalue weighted by atomic mass is 35.5. The van der Waals surface area contributed by atoms with Gasteiger partial charge in [-0.15, -0.1) is 0 Å². The van der Waals surface area contributed by atoms with Gasteiger partial charge in [0.2, 0.25) is 11.8 Å². The summed E-state index contributed by atoms with van der Waals surface area (Å²) in [6, 6.07) is 23.8. The number of anilines is 1. The Morgan fingerprint density at radius 2 is 1.52 bits per heavy atom. The number of rotatable bonds is 15. The Kier molecular flexibility index (Phi) is 12.4. The van der Waals surface area contributed by atoms with Gasteiger partial charge in [-0.3, -0.25) is 13.9 Å². The van der Waals surface area contributed by atoms with Gasteiger partial charge >= 0.3 is 0 Å². The Labute approximate surface area is 286 Å². The lowest BCUT2D eigenvalue weighted by Gasteiger charge is -2.34. The van der Waals surface area contributed by atoms with Crippen molar-refractivity contribution in [2.24, 2.45) is 0 Å². The van der Waals surface area contributed by atoms with E-state index in [1.54, 1.807) is 0 Å². The van der Waals surface area contributed by atoms with Gasteiger partial charge in [-0.05, 0) is 73.0 Å². The summed E-state index contributed by atoms with van der Waals surface area (Å²) < 4.78 is 54.1. The minimum atomic E-state index is -4.40. The van der Waals surface area contributed by atoms with Crippen molar-refractivity contribution in [2.75, 3.05) is 25.1 Å². The predicted molar refractivity (Wildman–Crippen MR) is 184 cm³/mol. The molecule has 4 aromatic rings. The molecule has 0 aliphatic heterocycles. The van der Waals surface area contributed by atoms with Gasteiger partial charge in [0.25, 0.3) is 10.0 Å². The van der Waals surface area contributed by atoms with Crippen LogP contribution in [0, 0.1) is 5.82 Å². The van der Waals surface area contributed by atoms with Crippen LogP contribution in [0.2, 0.25) is 5.02 Å². The van der Waals surface area contributed by atoms with Gasteiger partial charge in [0.15, 0.2) is 11.5 Å². The smallest absolute Gasteiger partial charge is 0.264 e. The van der Waals surface area contributed by atoms with Crippen LogP contribution in [0.15, 0.2) is 102 Å². The molecule has 9 nitrogen and oxygen atoms in total. The average Bonchev–Trinajstić information content (AvgIpc) is 3.09. The minimum absolute atomic E-state index is 0.0879. The monoisotopic (exact) mass is 695 g/mol. The molecule has 48 heavy (non-hydrogen) atoms. The van der Waals surface area contributed by atoms with E-state index in [1.807, 2.05) is 44.2 Å². The second kappa shape index (κ2) is 16.5. The van der Waals surface area contributed by atoms with E-state index in [9.17, 15) is 22.4 Å². The van der Waals surface area contributed by atoms with E-state index in [1.165, 1.54) is 85.8 Å². The summed E-state index contributed by atoms with van der Waals surface area (Å²) in [5, 5.41) is 3.36. The van der Waals surface area contributed by atoms with Gasteiger partial charge in [0, 0.05) is 30.1 Å². The molecule has 0 spiro atoms. The Balaban J connectivity index is 1.82. The highest BCUT2D eigenvalue weighted by molar-refractivity contribution is 7.92. The molecule has 0 fully saturated rings. The molecule has 12 heteroatoms. The third-order valence-electron chi connectivity index (χ3n) is 7.87. The number of nitrogens with zero attached hydrogens (tertiary/aromatic N) is 2. The van der Waals surface area contributed by atoms with Crippen molar-refractivity contribution in [3.63, 3.8) is 0 Å². The largest absolute Gasteiger partial charge is 0.493 e. The zero-order valence-corrected chi connectivity index (χ0v) is 28.8. The molecule has 1 N–H and O–H groups in total. The van der Waals surface area contributed by atoms with Crippen LogP contribution in [0.25, 0.3) is 0 Å². The zero-order chi connectivity index (χ0) is 34.8. The predicted octanol–water partition coefficient (Wildman–Crippen LogP) is 6.25. The zero-order valence-electron chi connectivity index (χ0n) is 27.2. The first kappa shape index (κ1) is 36.2. The number of hydrogen-bond acceptors (Lipinski definition) is 6. The van der Waals surface area contributed by atoms with Gasteiger partial charge in [-0.1, -0.05) is 61.0 Å². The molecular weight excluding hydrogens is 657 g/mol. The van der Waals surface area contributed by atoms with Gasteiger partial charge in [0.1, 0.15) is 18.4 Å². The van der Waals surface area contributed by atoms with E-state index in [4.69, 9.17) is 21.1 Å². The first-order chi connectivity index (χ1) is 23.0. The summed E-state index contributed by atoms with van der Waals surface area (Å²) >= 11 is 6.14.